The number of thioether (sulfide) groups is 1. The minimum Gasteiger partial charge on any atom is -0.480 e. The zero-order chi connectivity index (χ0) is 22.7. The number of carbonyl (C=O) groups is 4. The number of aliphatic carboxylic acids is 1. The number of thiol groups is 1. The Morgan fingerprint density at radius 3 is 1.86 bits per heavy atom. The second kappa shape index (κ2) is 13.7. The van der Waals surface area contributed by atoms with Gasteiger partial charge in [-0.25, -0.2) is 4.79 Å². The molecular weight excluding hydrogens is 416 g/mol. The van der Waals surface area contributed by atoms with Crippen molar-refractivity contribution in [3.05, 3.63) is 0 Å². The van der Waals surface area contributed by atoms with Crippen LogP contribution in [0.5, 0.6) is 0 Å². The van der Waals surface area contributed by atoms with Gasteiger partial charge in [0.15, 0.2) is 0 Å². The van der Waals surface area contributed by atoms with Crippen LogP contribution in [0.3, 0.4) is 0 Å². The Hall–Kier alpha value is -1.46. The van der Waals surface area contributed by atoms with E-state index in [1.807, 2.05) is 6.26 Å². The maximum absolute atomic E-state index is 12.8. The predicted octanol–water partition coefficient (Wildman–Crippen LogP) is -0.152. The average molecular weight is 451 g/mol. The molecule has 3 amide bonds. The average Bonchev–Trinajstić information content (AvgIpc) is 2.64. The monoisotopic (exact) mass is 450 g/mol. The van der Waals surface area contributed by atoms with Gasteiger partial charge in [0.2, 0.25) is 17.7 Å². The zero-order valence-corrected chi connectivity index (χ0v) is 19.3. The largest absolute Gasteiger partial charge is 0.480 e. The van der Waals surface area contributed by atoms with E-state index < -0.39 is 47.9 Å². The molecule has 0 aliphatic heterocycles. The lowest BCUT2D eigenvalue weighted by Crippen LogP contribution is -2.59. The van der Waals surface area contributed by atoms with E-state index in [0.29, 0.717) is 12.2 Å². The number of hydrogen-bond donors (Lipinski definition) is 6. The lowest BCUT2D eigenvalue weighted by molar-refractivity contribution is -0.143. The van der Waals surface area contributed by atoms with Crippen molar-refractivity contribution >= 4 is 48.1 Å². The highest BCUT2D eigenvalue weighted by molar-refractivity contribution is 7.98. The Morgan fingerprint density at radius 2 is 1.45 bits per heavy atom. The molecule has 0 heterocycles. The van der Waals surface area contributed by atoms with Crippen LogP contribution in [0.25, 0.3) is 0 Å². The molecule has 0 fully saturated rings. The summed E-state index contributed by atoms with van der Waals surface area (Å²) in [4.78, 5) is 48.9. The van der Waals surface area contributed by atoms with E-state index in [-0.39, 0.29) is 17.6 Å². The molecule has 6 N–H and O–H groups in total. The van der Waals surface area contributed by atoms with Gasteiger partial charge in [-0.05, 0) is 30.3 Å². The van der Waals surface area contributed by atoms with Crippen molar-refractivity contribution in [3.63, 3.8) is 0 Å². The third-order valence-electron chi connectivity index (χ3n) is 4.25. The third-order valence-corrected chi connectivity index (χ3v) is 5.29. The minimum absolute atomic E-state index is 0.128. The van der Waals surface area contributed by atoms with Crippen molar-refractivity contribution in [1.82, 2.24) is 16.0 Å². The minimum atomic E-state index is -1.14. The van der Waals surface area contributed by atoms with Gasteiger partial charge in [0.05, 0.1) is 6.04 Å². The first kappa shape index (κ1) is 27.5. The van der Waals surface area contributed by atoms with Crippen LogP contribution in [0.1, 0.15) is 34.1 Å². The molecule has 29 heavy (non-hydrogen) atoms. The zero-order valence-electron chi connectivity index (χ0n) is 17.6. The van der Waals surface area contributed by atoms with Gasteiger partial charge < -0.3 is 26.8 Å². The summed E-state index contributed by atoms with van der Waals surface area (Å²) in [5, 5.41) is 17.0. The molecule has 0 spiro atoms. The van der Waals surface area contributed by atoms with Gasteiger partial charge in [-0.1, -0.05) is 27.7 Å². The van der Waals surface area contributed by atoms with Crippen molar-refractivity contribution < 1.29 is 24.3 Å². The summed E-state index contributed by atoms with van der Waals surface area (Å²) in [6.45, 7) is 6.88. The molecule has 0 aliphatic carbocycles. The lowest BCUT2D eigenvalue weighted by atomic mass is 10.0. The summed E-state index contributed by atoms with van der Waals surface area (Å²) >= 11 is 5.47. The Bertz CT molecular complexity index is 574. The molecule has 4 atom stereocenters. The summed E-state index contributed by atoms with van der Waals surface area (Å²) in [6.07, 6.45) is 2.18. The molecule has 0 aromatic rings. The van der Waals surface area contributed by atoms with E-state index in [1.165, 1.54) is 11.8 Å². The molecule has 168 valence electrons. The highest BCUT2D eigenvalue weighted by Gasteiger charge is 2.32. The number of nitrogens with two attached hydrogens (primary N) is 1. The molecule has 0 bridgehead atoms. The highest BCUT2D eigenvalue weighted by atomic mass is 32.2. The predicted molar refractivity (Wildman–Crippen MR) is 118 cm³/mol. The second-order valence-corrected chi connectivity index (χ2v) is 8.78. The first-order valence-electron chi connectivity index (χ1n) is 9.45. The van der Waals surface area contributed by atoms with Crippen LogP contribution in [0, 0.1) is 11.8 Å². The summed E-state index contributed by atoms with van der Waals surface area (Å²) in [5.74, 6) is -2.62. The normalized spacial score (nSPS) is 15.3. The molecule has 0 aromatic carbocycles. The van der Waals surface area contributed by atoms with Crippen molar-refractivity contribution in [1.29, 1.82) is 0 Å². The Kier molecular flexibility index (Phi) is 13.0. The number of carboxylic acids is 1. The first-order valence-corrected chi connectivity index (χ1v) is 11.5. The number of carboxylic acid groups (broad SMARTS) is 1. The number of nitrogens with one attached hydrogen (secondary N) is 3. The molecule has 0 radical (unpaired) electrons. The van der Waals surface area contributed by atoms with Crippen molar-refractivity contribution in [2.24, 2.45) is 17.6 Å². The maximum atomic E-state index is 12.8. The summed E-state index contributed by atoms with van der Waals surface area (Å²) in [5.41, 5.74) is 5.65. The number of hydrogen-bond acceptors (Lipinski definition) is 7. The van der Waals surface area contributed by atoms with Crippen LogP contribution in [0.4, 0.5) is 0 Å². The van der Waals surface area contributed by atoms with E-state index >= 15 is 0 Å². The molecule has 0 saturated carbocycles. The van der Waals surface area contributed by atoms with Crippen LogP contribution in [-0.4, -0.2) is 70.7 Å². The van der Waals surface area contributed by atoms with Gasteiger partial charge in [-0.2, -0.15) is 24.4 Å². The molecule has 11 heteroatoms. The van der Waals surface area contributed by atoms with Crippen LogP contribution in [0.2, 0.25) is 0 Å². The van der Waals surface area contributed by atoms with Crippen LogP contribution < -0.4 is 21.7 Å². The highest BCUT2D eigenvalue weighted by Crippen LogP contribution is 2.08. The Morgan fingerprint density at radius 1 is 0.931 bits per heavy atom. The van der Waals surface area contributed by atoms with Crippen molar-refractivity contribution in [2.45, 2.75) is 58.3 Å². The molecule has 0 rings (SSSR count). The van der Waals surface area contributed by atoms with Gasteiger partial charge in [-0.3, -0.25) is 14.4 Å². The second-order valence-electron chi connectivity index (χ2n) is 7.43. The van der Waals surface area contributed by atoms with Crippen LogP contribution in [0.15, 0.2) is 0 Å². The molecule has 9 nitrogen and oxygen atoms in total. The Labute approximate surface area is 182 Å². The van der Waals surface area contributed by atoms with E-state index in [9.17, 15) is 24.3 Å². The fourth-order valence-electron chi connectivity index (χ4n) is 2.41. The Balaban J connectivity index is 5.34. The van der Waals surface area contributed by atoms with Gasteiger partial charge in [0.1, 0.15) is 18.1 Å². The van der Waals surface area contributed by atoms with Gasteiger partial charge in [0, 0.05) is 5.75 Å². The summed E-state index contributed by atoms with van der Waals surface area (Å²) in [6, 6.07) is -3.74. The quantitative estimate of drug-likeness (QED) is 0.214. The SMILES string of the molecule is CSCCC(NC(=O)C(NC(=O)C(N)CS)C(C)C)C(=O)NC(C(=O)O)C(C)C. The maximum Gasteiger partial charge on any atom is 0.326 e. The summed E-state index contributed by atoms with van der Waals surface area (Å²) < 4.78 is 0. The van der Waals surface area contributed by atoms with Gasteiger partial charge >= 0.3 is 5.97 Å². The molecule has 4 unspecified atom stereocenters. The first-order chi connectivity index (χ1) is 13.5. The number of rotatable bonds is 13. The van der Waals surface area contributed by atoms with Crippen molar-refractivity contribution in [2.75, 3.05) is 17.8 Å². The van der Waals surface area contributed by atoms with Crippen LogP contribution in [-0.2, 0) is 19.2 Å². The third kappa shape index (κ3) is 9.72. The van der Waals surface area contributed by atoms with Gasteiger partial charge in [-0.15, -0.1) is 0 Å². The van der Waals surface area contributed by atoms with E-state index in [4.69, 9.17) is 5.73 Å². The molecule has 0 saturated heterocycles. The number of amides is 3. The van der Waals surface area contributed by atoms with E-state index in [1.54, 1.807) is 27.7 Å². The fraction of sp³-hybridized carbons (Fsp3) is 0.778. The van der Waals surface area contributed by atoms with Gasteiger partial charge in [0.25, 0.3) is 0 Å². The molecule has 0 aromatic heterocycles. The lowest BCUT2D eigenvalue weighted by Gasteiger charge is -2.27. The molecular formula is C18H34N4O5S2. The summed E-state index contributed by atoms with van der Waals surface area (Å²) in [7, 11) is 0. The van der Waals surface area contributed by atoms with Crippen LogP contribution >= 0.6 is 24.4 Å². The smallest absolute Gasteiger partial charge is 0.326 e. The molecule has 0 aliphatic rings. The van der Waals surface area contributed by atoms with E-state index in [0.717, 1.165) is 0 Å². The van der Waals surface area contributed by atoms with Crippen molar-refractivity contribution in [3.8, 4) is 0 Å². The fourth-order valence-corrected chi connectivity index (χ4v) is 3.05. The topological polar surface area (TPSA) is 151 Å². The number of carbonyl (C=O) groups excluding carboxylic acids is 3. The standard InChI is InChI=1S/C18H34N4O5S2/c1-9(2)13(21-15(23)11(19)8-28)17(25)20-12(6-7-29-5)16(24)22-14(10(3)4)18(26)27/h9-14,28H,6-8,19H2,1-5H3,(H,20,25)(H,21,23)(H,22,24)(H,26,27). The van der Waals surface area contributed by atoms with E-state index in [2.05, 4.69) is 28.6 Å².